The normalized spacial score (nSPS) is 10.7. The van der Waals surface area contributed by atoms with Gasteiger partial charge in [0.15, 0.2) is 5.16 Å². The number of nitrogens with two attached hydrogens (primary N) is 1. The highest BCUT2D eigenvalue weighted by Crippen LogP contribution is 2.26. The molecular weight excluding hydrogens is 246 g/mol. The van der Waals surface area contributed by atoms with Gasteiger partial charge in [-0.05, 0) is 38.1 Å². The monoisotopic (exact) mass is 261 g/mol. The van der Waals surface area contributed by atoms with E-state index >= 15 is 0 Å². The summed E-state index contributed by atoms with van der Waals surface area (Å²) in [6, 6.07) is 0. The SMILES string of the molecule is Cc1nc(Sc2ncncc2CN)nc(C)c1C. The zero-order chi connectivity index (χ0) is 13.1. The van der Waals surface area contributed by atoms with E-state index in [-0.39, 0.29) is 0 Å². The quantitative estimate of drug-likeness (QED) is 0.670. The second-order valence-corrected chi connectivity index (χ2v) is 4.92. The summed E-state index contributed by atoms with van der Waals surface area (Å²) in [5, 5.41) is 1.51. The van der Waals surface area contributed by atoms with Gasteiger partial charge in [0.25, 0.3) is 0 Å². The molecular formula is C12H15N5S. The van der Waals surface area contributed by atoms with Gasteiger partial charge in [-0.2, -0.15) is 0 Å². The third-order valence-corrected chi connectivity index (χ3v) is 3.69. The van der Waals surface area contributed by atoms with Gasteiger partial charge in [-0.3, -0.25) is 0 Å². The first-order chi connectivity index (χ1) is 8.61. The fourth-order valence-electron chi connectivity index (χ4n) is 1.45. The van der Waals surface area contributed by atoms with Crippen molar-refractivity contribution in [3.63, 3.8) is 0 Å². The number of nitrogens with zero attached hydrogens (tertiary/aromatic N) is 4. The Bertz CT molecular complexity index is 547. The lowest BCUT2D eigenvalue weighted by molar-refractivity contribution is 0.868. The molecule has 0 spiro atoms. The molecule has 0 atom stereocenters. The molecule has 0 bridgehead atoms. The van der Waals surface area contributed by atoms with Gasteiger partial charge in [-0.1, -0.05) is 0 Å². The minimum absolute atomic E-state index is 0.410. The van der Waals surface area contributed by atoms with Gasteiger partial charge in [0.05, 0.1) is 0 Å². The first-order valence-electron chi connectivity index (χ1n) is 5.60. The predicted octanol–water partition coefficient (Wildman–Crippen LogP) is 1.80. The van der Waals surface area contributed by atoms with Crippen LogP contribution < -0.4 is 5.73 Å². The van der Waals surface area contributed by atoms with E-state index in [2.05, 4.69) is 19.9 Å². The number of aromatic nitrogens is 4. The topological polar surface area (TPSA) is 77.6 Å². The first kappa shape index (κ1) is 12.9. The molecule has 2 aromatic rings. The molecule has 5 nitrogen and oxygen atoms in total. The third kappa shape index (κ3) is 2.65. The van der Waals surface area contributed by atoms with E-state index < -0.39 is 0 Å². The number of aryl methyl sites for hydroxylation is 2. The maximum atomic E-state index is 5.65. The predicted molar refractivity (Wildman–Crippen MR) is 70.3 cm³/mol. The van der Waals surface area contributed by atoms with Crippen LogP contribution in [0.2, 0.25) is 0 Å². The summed E-state index contributed by atoms with van der Waals surface area (Å²) in [5.41, 5.74) is 9.67. The van der Waals surface area contributed by atoms with Gasteiger partial charge >= 0.3 is 0 Å². The van der Waals surface area contributed by atoms with E-state index in [0.717, 1.165) is 27.5 Å². The Kier molecular flexibility index (Phi) is 3.88. The van der Waals surface area contributed by atoms with Crippen LogP contribution in [0.15, 0.2) is 22.7 Å². The summed E-state index contributed by atoms with van der Waals surface area (Å²) in [6.07, 6.45) is 3.23. The van der Waals surface area contributed by atoms with Crippen LogP contribution in [0.3, 0.4) is 0 Å². The molecule has 18 heavy (non-hydrogen) atoms. The van der Waals surface area contributed by atoms with Crippen molar-refractivity contribution in [3.05, 3.63) is 35.0 Å². The Morgan fingerprint density at radius 2 is 1.83 bits per heavy atom. The summed E-state index contributed by atoms with van der Waals surface area (Å²) in [4.78, 5) is 17.1. The summed E-state index contributed by atoms with van der Waals surface area (Å²) >= 11 is 1.42. The van der Waals surface area contributed by atoms with Crippen LogP contribution in [0.4, 0.5) is 0 Å². The van der Waals surface area contributed by atoms with E-state index in [0.29, 0.717) is 11.7 Å². The van der Waals surface area contributed by atoms with Gasteiger partial charge < -0.3 is 5.73 Å². The lowest BCUT2D eigenvalue weighted by atomic mass is 10.2. The van der Waals surface area contributed by atoms with Crippen molar-refractivity contribution in [1.82, 2.24) is 19.9 Å². The first-order valence-corrected chi connectivity index (χ1v) is 6.42. The molecule has 0 radical (unpaired) electrons. The van der Waals surface area contributed by atoms with Crippen LogP contribution in [0, 0.1) is 20.8 Å². The Hall–Kier alpha value is -1.53. The molecule has 0 aromatic carbocycles. The van der Waals surface area contributed by atoms with Crippen molar-refractivity contribution >= 4 is 11.8 Å². The second kappa shape index (κ2) is 5.41. The van der Waals surface area contributed by atoms with Crippen molar-refractivity contribution in [2.75, 3.05) is 0 Å². The van der Waals surface area contributed by atoms with Crippen LogP contribution in [0.25, 0.3) is 0 Å². The highest BCUT2D eigenvalue weighted by molar-refractivity contribution is 7.99. The van der Waals surface area contributed by atoms with Crippen LogP contribution in [-0.4, -0.2) is 19.9 Å². The highest BCUT2D eigenvalue weighted by atomic mass is 32.2. The fourth-order valence-corrected chi connectivity index (χ4v) is 2.36. The molecule has 0 fully saturated rings. The van der Waals surface area contributed by atoms with Crippen molar-refractivity contribution < 1.29 is 0 Å². The second-order valence-electron chi connectivity index (χ2n) is 3.96. The molecule has 0 saturated heterocycles. The Morgan fingerprint density at radius 3 is 2.44 bits per heavy atom. The van der Waals surface area contributed by atoms with Gasteiger partial charge in [-0.15, -0.1) is 0 Å². The minimum Gasteiger partial charge on any atom is -0.326 e. The van der Waals surface area contributed by atoms with Crippen molar-refractivity contribution in [2.45, 2.75) is 37.5 Å². The molecule has 0 aliphatic rings. The smallest absolute Gasteiger partial charge is 0.194 e. The van der Waals surface area contributed by atoms with E-state index in [4.69, 9.17) is 5.73 Å². The van der Waals surface area contributed by atoms with Crippen LogP contribution in [0.5, 0.6) is 0 Å². The van der Waals surface area contributed by atoms with Crippen LogP contribution >= 0.6 is 11.8 Å². The lowest BCUT2D eigenvalue weighted by Gasteiger charge is -2.07. The largest absolute Gasteiger partial charge is 0.326 e. The molecule has 94 valence electrons. The molecule has 0 aliphatic heterocycles. The van der Waals surface area contributed by atoms with Gasteiger partial charge in [0, 0.05) is 29.7 Å². The zero-order valence-electron chi connectivity index (χ0n) is 10.6. The molecule has 0 unspecified atom stereocenters. The average Bonchev–Trinajstić information content (AvgIpc) is 2.36. The van der Waals surface area contributed by atoms with Gasteiger partial charge in [0.1, 0.15) is 11.4 Å². The molecule has 0 aliphatic carbocycles. The minimum atomic E-state index is 0.410. The molecule has 0 amide bonds. The Morgan fingerprint density at radius 1 is 1.17 bits per heavy atom. The van der Waals surface area contributed by atoms with E-state index in [1.165, 1.54) is 18.1 Å². The van der Waals surface area contributed by atoms with Crippen molar-refractivity contribution in [2.24, 2.45) is 5.73 Å². The highest BCUT2D eigenvalue weighted by Gasteiger charge is 2.09. The Labute approximate surface area is 110 Å². The summed E-state index contributed by atoms with van der Waals surface area (Å²) in [6.45, 7) is 6.40. The van der Waals surface area contributed by atoms with E-state index in [9.17, 15) is 0 Å². The maximum absolute atomic E-state index is 5.65. The van der Waals surface area contributed by atoms with Crippen molar-refractivity contribution in [3.8, 4) is 0 Å². The zero-order valence-corrected chi connectivity index (χ0v) is 11.5. The third-order valence-electron chi connectivity index (χ3n) is 2.77. The summed E-state index contributed by atoms with van der Waals surface area (Å²) in [7, 11) is 0. The maximum Gasteiger partial charge on any atom is 0.194 e. The Balaban J connectivity index is 2.34. The van der Waals surface area contributed by atoms with Gasteiger partial charge in [-0.25, -0.2) is 19.9 Å². The number of rotatable bonds is 3. The molecule has 2 N–H and O–H groups in total. The van der Waals surface area contributed by atoms with E-state index in [1.807, 2.05) is 20.8 Å². The molecule has 0 saturated carbocycles. The number of hydrogen-bond donors (Lipinski definition) is 1. The summed E-state index contributed by atoms with van der Waals surface area (Å²) in [5.74, 6) is 0. The van der Waals surface area contributed by atoms with E-state index in [1.54, 1.807) is 6.20 Å². The summed E-state index contributed by atoms with van der Waals surface area (Å²) < 4.78 is 0. The van der Waals surface area contributed by atoms with Crippen LogP contribution in [-0.2, 0) is 6.54 Å². The molecule has 2 heterocycles. The fraction of sp³-hybridized carbons (Fsp3) is 0.333. The average molecular weight is 261 g/mol. The number of hydrogen-bond acceptors (Lipinski definition) is 6. The standard InChI is InChI=1S/C12H15N5S/c1-7-8(2)16-12(17-9(7)3)18-11-10(4-13)5-14-6-15-11/h5-6H,4,13H2,1-3H3. The van der Waals surface area contributed by atoms with Crippen molar-refractivity contribution in [1.29, 1.82) is 0 Å². The molecule has 6 heteroatoms. The van der Waals surface area contributed by atoms with Gasteiger partial charge in [0.2, 0.25) is 0 Å². The van der Waals surface area contributed by atoms with Crippen LogP contribution in [0.1, 0.15) is 22.5 Å². The molecule has 2 aromatic heterocycles. The molecule has 2 rings (SSSR count). The lowest BCUT2D eigenvalue weighted by Crippen LogP contribution is -2.02.